The number of methoxy groups -OCH3 is 1. The summed E-state index contributed by atoms with van der Waals surface area (Å²) in [6.07, 6.45) is 7.64. The van der Waals surface area contributed by atoms with E-state index in [2.05, 4.69) is 15.5 Å². The maximum absolute atomic E-state index is 11.7. The van der Waals surface area contributed by atoms with Crippen molar-refractivity contribution in [2.75, 3.05) is 30.8 Å². The Morgan fingerprint density at radius 3 is 2.47 bits per heavy atom. The normalized spacial score (nSPS) is 17.7. The van der Waals surface area contributed by atoms with E-state index in [1.807, 2.05) is 30.3 Å². The summed E-state index contributed by atoms with van der Waals surface area (Å²) in [6, 6.07) is 13.9. The van der Waals surface area contributed by atoms with E-state index in [9.17, 15) is 4.79 Å². The van der Waals surface area contributed by atoms with E-state index in [1.165, 1.54) is 32.8 Å². The number of benzene rings is 2. The molecule has 178 valence electrons. The van der Waals surface area contributed by atoms with E-state index in [1.54, 1.807) is 12.1 Å². The molecule has 1 aliphatic heterocycles. The van der Waals surface area contributed by atoms with Gasteiger partial charge in [-0.3, -0.25) is 0 Å². The molecule has 2 aromatic carbocycles. The maximum Gasteiger partial charge on any atom is 0.337 e. The van der Waals surface area contributed by atoms with Gasteiger partial charge < -0.3 is 20.3 Å². The lowest BCUT2D eigenvalue weighted by Gasteiger charge is -2.36. The molecule has 5 rings (SSSR count). The van der Waals surface area contributed by atoms with E-state index in [-0.39, 0.29) is 5.97 Å². The number of ether oxygens (including phenoxy) is 1. The molecule has 2 N–H and O–H groups in total. The van der Waals surface area contributed by atoms with Gasteiger partial charge in [0.2, 0.25) is 5.95 Å². The van der Waals surface area contributed by atoms with Crippen LogP contribution in [-0.2, 0) is 4.74 Å². The second-order valence-electron chi connectivity index (χ2n) is 9.14. The van der Waals surface area contributed by atoms with Crippen molar-refractivity contribution in [1.82, 2.24) is 14.9 Å². The highest BCUT2D eigenvalue weighted by Crippen LogP contribution is 2.30. The largest absolute Gasteiger partial charge is 0.465 e. The van der Waals surface area contributed by atoms with Crippen LogP contribution < -0.4 is 10.6 Å². The van der Waals surface area contributed by atoms with Gasteiger partial charge >= 0.3 is 5.97 Å². The minimum Gasteiger partial charge on any atom is -0.465 e. The number of hydrogen-bond acceptors (Lipinski definition) is 7. The van der Waals surface area contributed by atoms with Crippen LogP contribution in [0.1, 0.15) is 48.9 Å². The van der Waals surface area contributed by atoms with E-state index >= 15 is 0 Å². The zero-order valence-electron chi connectivity index (χ0n) is 19.4. The highest BCUT2D eigenvalue weighted by atomic mass is 35.5. The Morgan fingerprint density at radius 1 is 1.03 bits per heavy atom. The minimum atomic E-state index is -0.365. The fraction of sp³-hybridized carbons (Fsp3) is 0.423. The van der Waals surface area contributed by atoms with Crippen LogP contribution in [-0.4, -0.2) is 53.1 Å². The molecule has 0 radical (unpaired) electrons. The molecule has 2 heterocycles. The van der Waals surface area contributed by atoms with Gasteiger partial charge in [-0.2, -0.15) is 4.98 Å². The number of halogens is 1. The van der Waals surface area contributed by atoms with E-state index in [0.29, 0.717) is 28.4 Å². The summed E-state index contributed by atoms with van der Waals surface area (Å²) in [5.41, 5.74) is 2.12. The molecule has 2 fully saturated rings. The first-order valence-corrected chi connectivity index (χ1v) is 12.4. The van der Waals surface area contributed by atoms with Crippen LogP contribution in [0.5, 0.6) is 0 Å². The second kappa shape index (κ2) is 10.2. The molecule has 0 atom stereocenters. The lowest BCUT2D eigenvalue weighted by Crippen LogP contribution is -2.43. The Balaban J connectivity index is 1.34. The lowest BCUT2D eigenvalue weighted by atomic mass is 10.0. The minimum absolute atomic E-state index is 0.356. The average molecular weight is 480 g/mol. The first-order chi connectivity index (χ1) is 16.6. The molecule has 7 nitrogen and oxygen atoms in total. The number of esters is 1. The number of nitrogens with one attached hydrogen (secondary N) is 2. The van der Waals surface area contributed by atoms with Crippen LogP contribution in [0.15, 0.2) is 42.5 Å². The van der Waals surface area contributed by atoms with Crippen molar-refractivity contribution < 1.29 is 9.53 Å². The van der Waals surface area contributed by atoms with E-state index in [0.717, 1.165) is 48.6 Å². The van der Waals surface area contributed by atoms with Gasteiger partial charge in [0, 0.05) is 41.3 Å². The van der Waals surface area contributed by atoms with Crippen molar-refractivity contribution in [3.8, 4) is 0 Å². The number of fused-ring (bicyclic) bond motifs is 1. The molecule has 3 aromatic rings. The summed E-state index contributed by atoms with van der Waals surface area (Å²) >= 11 is 6.27. The first-order valence-electron chi connectivity index (χ1n) is 12.0. The van der Waals surface area contributed by atoms with Crippen LogP contribution in [0.2, 0.25) is 5.02 Å². The molecule has 1 saturated heterocycles. The topological polar surface area (TPSA) is 79.4 Å². The summed E-state index contributed by atoms with van der Waals surface area (Å²) in [5, 5.41) is 8.41. The molecule has 0 amide bonds. The number of carbonyl (C=O) groups excluding carboxylic acids is 1. The van der Waals surface area contributed by atoms with Gasteiger partial charge in [0.25, 0.3) is 0 Å². The van der Waals surface area contributed by atoms with Crippen molar-refractivity contribution >= 4 is 45.9 Å². The number of likely N-dealkylation sites (tertiary alicyclic amines) is 1. The molecule has 8 heteroatoms. The summed E-state index contributed by atoms with van der Waals surface area (Å²) < 4.78 is 4.78. The zero-order chi connectivity index (χ0) is 23.5. The predicted octanol–water partition coefficient (Wildman–Crippen LogP) is 5.63. The predicted molar refractivity (Wildman–Crippen MR) is 136 cm³/mol. The molecule has 1 aromatic heterocycles. The Hall–Kier alpha value is -2.90. The summed E-state index contributed by atoms with van der Waals surface area (Å²) in [4.78, 5) is 24.0. The molecule has 1 aliphatic carbocycles. The third kappa shape index (κ3) is 5.10. The van der Waals surface area contributed by atoms with Crippen LogP contribution in [0.4, 0.5) is 17.5 Å². The summed E-state index contributed by atoms with van der Waals surface area (Å²) in [5.74, 6) is 0.920. The van der Waals surface area contributed by atoms with Gasteiger partial charge in [-0.25, -0.2) is 9.78 Å². The molecule has 2 aliphatic rings. The number of carbonyl (C=O) groups is 1. The van der Waals surface area contributed by atoms with Gasteiger partial charge in [-0.1, -0.05) is 24.4 Å². The Labute approximate surface area is 204 Å². The molecule has 0 unspecified atom stereocenters. The van der Waals surface area contributed by atoms with Gasteiger partial charge in [0.1, 0.15) is 5.82 Å². The number of nitrogens with zero attached hydrogens (tertiary/aromatic N) is 3. The number of piperidine rings is 1. The Bertz CT molecular complexity index is 1160. The lowest BCUT2D eigenvalue weighted by molar-refractivity contribution is 0.0601. The van der Waals surface area contributed by atoms with Gasteiger partial charge in [-0.05, 0) is 68.1 Å². The van der Waals surface area contributed by atoms with E-state index < -0.39 is 0 Å². The Morgan fingerprint density at radius 2 is 1.76 bits per heavy atom. The molecule has 0 bridgehead atoms. The third-order valence-electron chi connectivity index (χ3n) is 6.93. The maximum atomic E-state index is 11.7. The first kappa shape index (κ1) is 22.9. The molecule has 34 heavy (non-hydrogen) atoms. The fourth-order valence-electron chi connectivity index (χ4n) is 5.07. The van der Waals surface area contributed by atoms with Crippen molar-refractivity contribution in [1.29, 1.82) is 0 Å². The molecular weight excluding hydrogens is 450 g/mol. The highest BCUT2D eigenvalue weighted by Gasteiger charge is 2.27. The third-order valence-corrected chi connectivity index (χ3v) is 7.17. The zero-order valence-corrected chi connectivity index (χ0v) is 20.1. The number of rotatable bonds is 6. The molecule has 1 saturated carbocycles. The van der Waals surface area contributed by atoms with Crippen LogP contribution in [0.3, 0.4) is 0 Å². The number of hydrogen-bond donors (Lipinski definition) is 2. The van der Waals surface area contributed by atoms with Crippen molar-refractivity contribution in [3.63, 3.8) is 0 Å². The van der Waals surface area contributed by atoms with Gasteiger partial charge in [-0.15, -0.1) is 0 Å². The summed E-state index contributed by atoms with van der Waals surface area (Å²) in [6.45, 7) is 2.26. The fourth-order valence-corrected chi connectivity index (χ4v) is 5.24. The average Bonchev–Trinajstić information content (AvgIpc) is 3.40. The molecular formula is C26H30ClN5O2. The van der Waals surface area contributed by atoms with Gasteiger partial charge in [0.15, 0.2) is 0 Å². The van der Waals surface area contributed by atoms with Crippen LogP contribution >= 0.6 is 11.6 Å². The van der Waals surface area contributed by atoms with Crippen molar-refractivity contribution in [3.05, 3.63) is 53.1 Å². The second-order valence-corrected chi connectivity index (χ2v) is 9.58. The Kier molecular flexibility index (Phi) is 6.83. The SMILES string of the molecule is COC(=O)c1ccc(Nc2nc(NC3CCN(C4CCCC4)CC3)nc3ccc(Cl)cc23)cc1. The van der Waals surface area contributed by atoms with Crippen LogP contribution in [0.25, 0.3) is 10.9 Å². The van der Waals surface area contributed by atoms with E-state index in [4.69, 9.17) is 26.3 Å². The van der Waals surface area contributed by atoms with Gasteiger partial charge in [0.05, 0.1) is 18.2 Å². The molecule has 0 spiro atoms. The van der Waals surface area contributed by atoms with Crippen molar-refractivity contribution in [2.45, 2.75) is 50.6 Å². The summed E-state index contributed by atoms with van der Waals surface area (Å²) in [7, 11) is 1.37. The monoisotopic (exact) mass is 479 g/mol. The quantitative estimate of drug-likeness (QED) is 0.443. The van der Waals surface area contributed by atoms with Crippen molar-refractivity contribution in [2.24, 2.45) is 0 Å². The number of aromatic nitrogens is 2. The van der Waals surface area contributed by atoms with Crippen LogP contribution in [0, 0.1) is 0 Å². The standard InChI is InChI=1S/C26H30ClN5O2/c1-34-25(33)17-6-9-19(10-7-17)28-24-22-16-18(27)8-11-23(22)30-26(31-24)29-20-12-14-32(15-13-20)21-4-2-3-5-21/h6-11,16,20-21H,2-5,12-15H2,1H3,(H2,28,29,30,31). The highest BCUT2D eigenvalue weighted by molar-refractivity contribution is 6.31. The smallest absolute Gasteiger partial charge is 0.337 e. The number of anilines is 3.